The largest absolute Gasteiger partial charge is 0.368 e. The number of carbonyl (C=O) groups excluding carboxylic acids is 4. The predicted octanol–water partition coefficient (Wildman–Crippen LogP) is -2.27. The van der Waals surface area contributed by atoms with E-state index >= 15 is 0 Å². The second-order valence-corrected chi connectivity index (χ2v) is 7.51. The van der Waals surface area contributed by atoms with Crippen molar-refractivity contribution in [3.63, 3.8) is 0 Å². The third kappa shape index (κ3) is 16.4. The normalized spacial score (nSPS) is 12.9. The van der Waals surface area contributed by atoms with Crippen LogP contribution in [0.3, 0.4) is 0 Å². The minimum atomic E-state index is -0.537. The molecule has 0 unspecified atom stereocenters. The molecule has 0 saturated heterocycles. The number of nitrogens with two attached hydrogens (primary N) is 2. The van der Waals surface area contributed by atoms with Gasteiger partial charge in [-0.15, -0.1) is 0 Å². The number of Topliss-reactive ketones (excluding diaryl/α,β-unsaturated/α-hetero) is 2. The highest BCUT2D eigenvalue weighted by Gasteiger charge is 2.16. The van der Waals surface area contributed by atoms with E-state index in [1.165, 1.54) is 6.92 Å². The number of hydrogen-bond acceptors (Lipinski definition) is 9. The number of primary amides is 1. The molecule has 11 heteroatoms. The first kappa shape index (κ1) is 29.1. The van der Waals surface area contributed by atoms with Gasteiger partial charge in [-0.25, -0.2) is 0 Å². The van der Waals surface area contributed by atoms with Crippen LogP contribution in [-0.4, -0.2) is 81.9 Å². The maximum atomic E-state index is 12.3. The van der Waals surface area contributed by atoms with Crippen molar-refractivity contribution in [1.29, 1.82) is 0 Å². The Morgan fingerprint density at radius 1 is 0.839 bits per heavy atom. The van der Waals surface area contributed by atoms with E-state index in [0.29, 0.717) is 45.3 Å². The highest BCUT2D eigenvalue weighted by atomic mass is 16.2. The van der Waals surface area contributed by atoms with Gasteiger partial charge in [0.25, 0.3) is 0 Å². The summed E-state index contributed by atoms with van der Waals surface area (Å²) in [6.45, 7) is 3.64. The Hall–Kier alpha value is -1.92. The third-order valence-corrected chi connectivity index (χ3v) is 4.71. The zero-order chi connectivity index (χ0) is 23.5. The zero-order valence-electron chi connectivity index (χ0n) is 18.9. The molecule has 0 aromatic heterocycles. The van der Waals surface area contributed by atoms with Gasteiger partial charge in [-0.1, -0.05) is 6.42 Å². The van der Waals surface area contributed by atoms with Crippen molar-refractivity contribution in [3.8, 4) is 0 Å². The number of carbonyl (C=O) groups is 4. The topological polar surface area (TPSA) is 180 Å². The van der Waals surface area contributed by atoms with Crippen molar-refractivity contribution < 1.29 is 19.2 Å². The molecular weight excluding hydrogens is 402 g/mol. The Labute approximate surface area is 185 Å². The van der Waals surface area contributed by atoms with Crippen molar-refractivity contribution >= 4 is 23.4 Å². The number of ketones is 2. The molecule has 180 valence electrons. The molecule has 0 aromatic rings. The van der Waals surface area contributed by atoms with E-state index in [0.717, 1.165) is 12.8 Å². The van der Waals surface area contributed by atoms with Gasteiger partial charge in [0.2, 0.25) is 11.8 Å². The van der Waals surface area contributed by atoms with E-state index in [1.807, 2.05) is 0 Å². The lowest BCUT2D eigenvalue weighted by atomic mass is 10.1. The molecule has 31 heavy (non-hydrogen) atoms. The van der Waals surface area contributed by atoms with Crippen molar-refractivity contribution in [1.82, 2.24) is 26.6 Å². The molecule has 9 N–H and O–H groups in total. The van der Waals surface area contributed by atoms with Crippen LogP contribution in [0.4, 0.5) is 0 Å². The SMILES string of the molecule is CN[C@@H](CCCCNCC(=O)CNCN)C(=O)NCCCC[C@H](NCC(C)=O)C(N)=O. The van der Waals surface area contributed by atoms with Gasteiger partial charge in [-0.2, -0.15) is 0 Å². The summed E-state index contributed by atoms with van der Waals surface area (Å²) in [4.78, 5) is 46.2. The average molecular weight is 444 g/mol. The maximum absolute atomic E-state index is 12.3. The van der Waals surface area contributed by atoms with E-state index in [4.69, 9.17) is 11.5 Å². The molecule has 2 atom stereocenters. The summed E-state index contributed by atoms with van der Waals surface area (Å²) in [5, 5.41) is 14.6. The van der Waals surface area contributed by atoms with Gasteiger partial charge in [0.1, 0.15) is 5.78 Å². The minimum Gasteiger partial charge on any atom is -0.368 e. The Kier molecular flexibility index (Phi) is 17.7. The zero-order valence-corrected chi connectivity index (χ0v) is 18.9. The second kappa shape index (κ2) is 18.8. The van der Waals surface area contributed by atoms with E-state index in [9.17, 15) is 19.2 Å². The van der Waals surface area contributed by atoms with Crippen LogP contribution in [0.25, 0.3) is 0 Å². The molecule has 0 radical (unpaired) electrons. The number of hydrogen-bond donors (Lipinski definition) is 7. The van der Waals surface area contributed by atoms with Crippen LogP contribution >= 0.6 is 0 Å². The van der Waals surface area contributed by atoms with Crippen molar-refractivity contribution in [2.75, 3.05) is 46.4 Å². The lowest BCUT2D eigenvalue weighted by molar-refractivity contribution is -0.123. The maximum Gasteiger partial charge on any atom is 0.237 e. The Balaban J connectivity index is 3.90. The fourth-order valence-electron chi connectivity index (χ4n) is 2.93. The highest BCUT2D eigenvalue weighted by Crippen LogP contribution is 2.03. The smallest absolute Gasteiger partial charge is 0.237 e. The van der Waals surface area contributed by atoms with Crippen LogP contribution < -0.4 is 38.1 Å². The summed E-state index contributed by atoms with van der Waals surface area (Å²) in [5.74, 6) is -0.526. The van der Waals surface area contributed by atoms with E-state index in [2.05, 4.69) is 26.6 Å². The number of rotatable bonds is 21. The third-order valence-electron chi connectivity index (χ3n) is 4.71. The van der Waals surface area contributed by atoms with Crippen LogP contribution in [0.5, 0.6) is 0 Å². The second-order valence-electron chi connectivity index (χ2n) is 7.51. The predicted molar refractivity (Wildman–Crippen MR) is 120 cm³/mol. The summed E-state index contributed by atoms with van der Waals surface area (Å²) in [6.07, 6.45) is 4.35. The fourth-order valence-corrected chi connectivity index (χ4v) is 2.93. The average Bonchev–Trinajstić information content (AvgIpc) is 2.72. The van der Waals surface area contributed by atoms with Crippen molar-refractivity contribution in [3.05, 3.63) is 0 Å². The Morgan fingerprint density at radius 3 is 2.03 bits per heavy atom. The lowest BCUT2D eigenvalue weighted by Gasteiger charge is -2.17. The lowest BCUT2D eigenvalue weighted by Crippen LogP contribution is -2.44. The Morgan fingerprint density at radius 2 is 1.45 bits per heavy atom. The standard InChI is InChI=1S/C20H41N7O4/c1-15(28)11-27-17(19(22)30)7-4-6-10-26-20(31)18(23-2)8-3-5-9-24-12-16(29)13-25-14-21/h17-18,23-25,27H,3-14,21H2,1-2H3,(H2,22,30)(H,26,31)/t17-,18-/m0/s1. The molecule has 2 amide bonds. The number of nitrogens with one attached hydrogen (secondary N) is 5. The quantitative estimate of drug-likeness (QED) is 0.0760. The molecule has 0 heterocycles. The summed E-state index contributed by atoms with van der Waals surface area (Å²) in [7, 11) is 1.75. The number of unbranched alkanes of at least 4 members (excludes halogenated alkanes) is 2. The van der Waals surface area contributed by atoms with E-state index in [1.54, 1.807) is 7.05 Å². The molecule has 0 bridgehead atoms. The van der Waals surface area contributed by atoms with Crippen LogP contribution in [0.1, 0.15) is 45.4 Å². The van der Waals surface area contributed by atoms with Gasteiger partial charge >= 0.3 is 0 Å². The molecule has 0 aliphatic rings. The molecule has 0 aliphatic carbocycles. The van der Waals surface area contributed by atoms with E-state index in [-0.39, 0.29) is 43.3 Å². The summed E-state index contributed by atoms with van der Waals surface area (Å²) >= 11 is 0. The highest BCUT2D eigenvalue weighted by molar-refractivity contribution is 5.83. The summed E-state index contributed by atoms with van der Waals surface area (Å²) in [5.41, 5.74) is 10.6. The first-order valence-corrected chi connectivity index (χ1v) is 10.9. The number of likely N-dealkylation sites (N-methyl/N-ethyl adjacent to an activating group) is 1. The summed E-state index contributed by atoms with van der Waals surface area (Å²) < 4.78 is 0. The fraction of sp³-hybridized carbons (Fsp3) is 0.800. The molecule has 11 nitrogen and oxygen atoms in total. The molecular formula is C20H41N7O4. The molecule has 0 aromatic carbocycles. The first-order valence-electron chi connectivity index (χ1n) is 10.9. The van der Waals surface area contributed by atoms with Crippen LogP contribution in [0.15, 0.2) is 0 Å². The molecule has 0 saturated carbocycles. The first-order chi connectivity index (χ1) is 14.8. The van der Waals surface area contributed by atoms with Gasteiger partial charge in [-0.05, 0) is 52.6 Å². The Bertz CT molecular complexity index is 546. The molecule has 0 spiro atoms. The van der Waals surface area contributed by atoms with Gasteiger partial charge in [0, 0.05) is 13.2 Å². The molecule has 0 fully saturated rings. The van der Waals surface area contributed by atoms with Crippen molar-refractivity contribution in [2.24, 2.45) is 11.5 Å². The molecule has 0 rings (SSSR count). The van der Waals surface area contributed by atoms with Gasteiger partial charge in [-0.3, -0.25) is 29.8 Å². The molecule has 0 aliphatic heterocycles. The van der Waals surface area contributed by atoms with Gasteiger partial charge in [0.15, 0.2) is 5.78 Å². The van der Waals surface area contributed by atoms with Crippen LogP contribution in [-0.2, 0) is 19.2 Å². The van der Waals surface area contributed by atoms with Crippen LogP contribution in [0.2, 0.25) is 0 Å². The van der Waals surface area contributed by atoms with Crippen molar-refractivity contribution in [2.45, 2.75) is 57.5 Å². The van der Waals surface area contributed by atoms with E-state index < -0.39 is 11.9 Å². The van der Waals surface area contributed by atoms with Gasteiger partial charge in [0.05, 0.1) is 31.7 Å². The van der Waals surface area contributed by atoms with Gasteiger partial charge < -0.3 is 27.4 Å². The monoisotopic (exact) mass is 443 g/mol. The van der Waals surface area contributed by atoms with Crippen LogP contribution in [0, 0.1) is 0 Å². The minimum absolute atomic E-state index is 0.0549. The number of amides is 2. The summed E-state index contributed by atoms with van der Waals surface area (Å²) in [6, 6.07) is -0.809.